The number of carbonyl (C=O) groups is 2. The summed E-state index contributed by atoms with van der Waals surface area (Å²) in [6.07, 6.45) is 4.59. The summed E-state index contributed by atoms with van der Waals surface area (Å²) in [5.74, 6) is 1.13. The lowest BCUT2D eigenvalue weighted by Gasteiger charge is -2.24. The zero-order chi connectivity index (χ0) is 14.7. The summed E-state index contributed by atoms with van der Waals surface area (Å²) in [7, 11) is 1.90. The van der Waals surface area contributed by atoms with E-state index in [1.807, 2.05) is 31.7 Å². The molecule has 1 aromatic heterocycles. The summed E-state index contributed by atoms with van der Waals surface area (Å²) < 4.78 is 1.89. The Kier molecular flexibility index (Phi) is 4.42. The van der Waals surface area contributed by atoms with Crippen LogP contribution >= 0.6 is 0 Å². The van der Waals surface area contributed by atoms with E-state index in [4.69, 9.17) is 0 Å². The van der Waals surface area contributed by atoms with E-state index in [0.29, 0.717) is 31.8 Å². The fourth-order valence-electron chi connectivity index (χ4n) is 2.40. The average Bonchev–Trinajstić information content (AvgIpc) is 2.72. The lowest BCUT2D eigenvalue weighted by molar-refractivity contribution is -0.134. The Bertz CT molecular complexity index is 495. The van der Waals surface area contributed by atoms with Gasteiger partial charge in [0.05, 0.1) is 6.54 Å². The standard InChI is InChI=1S/C14H22N4O2/c1-10(2)8-11-14(20)18(6-4-13(19)16-11)9-12-15-5-7-17(12)3/h5,7,10-11H,4,6,8-9H2,1-3H3,(H,16,19). The molecule has 2 rings (SSSR count). The van der Waals surface area contributed by atoms with Crippen molar-refractivity contribution in [1.82, 2.24) is 19.8 Å². The number of nitrogens with zero attached hydrogens (tertiary/aromatic N) is 3. The largest absolute Gasteiger partial charge is 0.344 e. The second kappa shape index (κ2) is 6.07. The Morgan fingerprint density at radius 3 is 2.80 bits per heavy atom. The molecule has 0 aromatic carbocycles. The maximum atomic E-state index is 12.5. The van der Waals surface area contributed by atoms with Crippen molar-refractivity contribution in [1.29, 1.82) is 0 Å². The third kappa shape index (κ3) is 3.37. The first-order valence-corrected chi connectivity index (χ1v) is 7.01. The summed E-state index contributed by atoms with van der Waals surface area (Å²) in [4.78, 5) is 30.2. The molecule has 1 atom stereocenters. The van der Waals surface area contributed by atoms with Crippen LogP contribution in [0.25, 0.3) is 0 Å². The molecule has 1 unspecified atom stereocenters. The van der Waals surface area contributed by atoms with Gasteiger partial charge in [0.25, 0.3) is 0 Å². The highest BCUT2D eigenvalue weighted by atomic mass is 16.2. The van der Waals surface area contributed by atoms with Crippen LogP contribution in [0.5, 0.6) is 0 Å². The van der Waals surface area contributed by atoms with E-state index in [2.05, 4.69) is 10.3 Å². The van der Waals surface area contributed by atoms with Crippen LogP contribution in [0.4, 0.5) is 0 Å². The molecule has 1 aliphatic heterocycles. The van der Waals surface area contributed by atoms with Gasteiger partial charge in [0.1, 0.15) is 11.9 Å². The van der Waals surface area contributed by atoms with Crippen molar-refractivity contribution in [2.45, 2.75) is 39.3 Å². The first-order valence-electron chi connectivity index (χ1n) is 7.01. The Balaban J connectivity index is 2.13. The highest BCUT2D eigenvalue weighted by Gasteiger charge is 2.30. The third-order valence-corrected chi connectivity index (χ3v) is 3.51. The van der Waals surface area contributed by atoms with Gasteiger partial charge < -0.3 is 14.8 Å². The molecule has 2 amide bonds. The van der Waals surface area contributed by atoms with Gasteiger partial charge in [-0.3, -0.25) is 9.59 Å². The molecule has 0 radical (unpaired) electrons. The van der Waals surface area contributed by atoms with Crippen molar-refractivity contribution in [3.8, 4) is 0 Å². The Morgan fingerprint density at radius 1 is 1.45 bits per heavy atom. The minimum absolute atomic E-state index is 0.00690. The smallest absolute Gasteiger partial charge is 0.245 e. The van der Waals surface area contributed by atoms with E-state index in [9.17, 15) is 9.59 Å². The van der Waals surface area contributed by atoms with Crippen molar-refractivity contribution < 1.29 is 9.59 Å². The Hall–Kier alpha value is -1.85. The quantitative estimate of drug-likeness (QED) is 0.881. The van der Waals surface area contributed by atoms with E-state index < -0.39 is 6.04 Å². The van der Waals surface area contributed by atoms with Crippen molar-refractivity contribution in [3.05, 3.63) is 18.2 Å². The Labute approximate surface area is 119 Å². The summed E-state index contributed by atoms with van der Waals surface area (Å²) in [5.41, 5.74) is 0. The number of nitrogens with one attached hydrogen (secondary N) is 1. The van der Waals surface area contributed by atoms with Gasteiger partial charge in [0.2, 0.25) is 11.8 Å². The van der Waals surface area contributed by atoms with Crippen LogP contribution in [0.15, 0.2) is 12.4 Å². The molecule has 1 N–H and O–H groups in total. The van der Waals surface area contributed by atoms with E-state index in [0.717, 1.165) is 5.82 Å². The molecule has 6 heteroatoms. The summed E-state index contributed by atoms with van der Waals surface area (Å²) >= 11 is 0. The molecule has 0 bridgehead atoms. The van der Waals surface area contributed by atoms with Crippen molar-refractivity contribution in [2.75, 3.05) is 6.54 Å². The SMILES string of the molecule is CC(C)CC1NC(=O)CCN(Cc2nccn2C)C1=O. The molecule has 1 fully saturated rings. The topological polar surface area (TPSA) is 67.2 Å². The number of rotatable bonds is 4. The van der Waals surface area contributed by atoms with Crippen LogP contribution in [0, 0.1) is 5.92 Å². The number of imidazole rings is 1. The molecule has 2 heterocycles. The fourth-order valence-corrected chi connectivity index (χ4v) is 2.40. The monoisotopic (exact) mass is 278 g/mol. The molecule has 1 aromatic rings. The van der Waals surface area contributed by atoms with Crippen LogP contribution < -0.4 is 5.32 Å². The molecule has 1 aliphatic rings. The molecule has 20 heavy (non-hydrogen) atoms. The molecular formula is C14H22N4O2. The molecule has 110 valence electrons. The van der Waals surface area contributed by atoms with Crippen molar-refractivity contribution in [3.63, 3.8) is 0 Å². The van der Waals surface area contributed by atoms with Gasteiger partial charge in [-0.1, -0.05) is 13.8 Å². The van der Waals surface area contributed by atoms with Gasteiger partial charge in [0, 0.05) is 32.4 Å². The van der Waals surface area contributed by atoms with Crippen LogP contribution in [0.3, 0.4) is 0 Å². The maximum absolute atomic E-state index is 12.5. The second-order valence-electron chi connectivity index (χ2n) is 5.71. The van der Waals surface area contributed by atoms with Gasteiger partial charge in [-0.25, -0.2) is 4.98 Å². The van der Waals surface area contributed by atoms with Gasteiger partial charge in [0.15, 0.2) is 0 Å². The molecule has 1 saturated heterocycles. The molecule has 0 spiro atoms. The zero-order valence-electron chi connectivity index (χ0n) is 12.3. The highest BCUT2D eigenvalue weighted by Crippen LogP contribution is 2.13. The van der Waals surface area contributed by atoms with Crippen LogP contribution in [0.2, 0.25) is 0 Å². The van der Waals surface area contributed by atoms with Gasteiger partial charge in [-0.2, -0.15) is 0 Å². The molecule has 6 nitrogen and oxygen atoms in total. The third-order valence-electron chi connectivity index (χ3n) is 3.51. The van der Waals surface area contributed by atoms with Crippen molar-refractivity contribution in [2.24, 2.45) is 13.0 Å². The lowest BCUT2D eigenvalue weighted by Crippen LogP contribution is -2.45. The summed E-state index contributed by atoms with van der Waals surface area (Å²) in [6.45, 7) is 5.00. The first-order chi connectivity index (χ1) is 9.47. The minimum atomic E-state index is -0.412. The van der Waals surface area contributed by atoms with Crippen LogP contribution in [-0.2, 0) is 23.2 Å². The number of carbonyl (C=O) groups excluding carboxylic acids is 2. The van der Waals surface area contributed by atoms with E-state index in [1.54, 1.807) is 11.1 Å². The Morgan fingerprint density at radius 2 is 2.20 bits per heavy atom. The normalized spacial score (nSPS) is 20.2. The highest BCUT2D eigenvalue weighted by molar-refractivity contribution is 5.89. The van der Waals surface area contributed by atoms with Gasteiger partial charge in [-0.15, -0.1) is 0 Å². The molecular weight excluding hydrogens is 256 g/mol. The average molecular weight is 278 g/mol. The fraction of sp³-hybridized carbons (Fsp3) is 0.643. The first kappa shape index (κ1) is 14.6. The van der Waals surface area contributed by atoms with Gasteiger partial charge in [-0.05, 0) is 12.3 Å². The lowest BCUT2D eigenvalue weighted by atomic mass is 10.0. The number of aryl methyl sites for hydroxylation is 1. The van der Waals surface area contributed by atoms with Gasteiger partial charge >= 0.3 is 0 Å². The number of aromatic nitrogens is 2. The summed E-state index contributed by atoms with van der Waals surface area (Å²) in [6, 6.07) is -0.412. The van der Waals surface area contributed by atoms with Crippen LogP contribution in [0.1, 0.15) is 32.5 Å². The number of hydrogen-bond acceptors (Lipinski definition) is 3. The van der Waals surface area contributed by atoms with E-state index in [-0.39, 0.29) is 11.8 Å². The predicted octanol–water partition coefficient (Wildman–Crippen LogP) is 0.683. The molecule has 0 aliphatic carbocycles. The van der Waals surface area contributed by atoms with Crippen LogP contribution in [-0.4, -0.2) is 38.9 Å². The second-order valence-corrected chi connectivity index (χ2v) is 5.71. The van der Waals surface area contributed by atoms with E-state index in [1.165, 1.54) is 0 Å². The maximum Gasteiger partial charge on any atom is 0.245 e. The van der Waals surface area contributed by atoms with E-state index >= 15 is 0 Å². The number of amides is 2. The van der Waals surface area contributed by atoms with Crippen molar-refractivity contribution >= 4 is 11.8 Å². The minimum Gasteiger partial charge on any atom is -0.344 e. The predicted molar refractivity (Wildman–Crippen MR) is 74.6 cm³/mol. The molecule has 0 saturated carbocycles. The number of hydrogen-bond donors (Lipinski definition) is 1. The zero-order valence-corrected chi connectivity index (χ0v) is 12.3. The summed E-state index contributed by atoms with van der Waals surface area (Å²) in [5, 5.41) is 2.83.